The lowest BCUT2D eigenvalue weighted by Crippen LogP contribution is -2.00. The van der Waals surface area contributed by atoms with Gasteiger partial charge in [0.05, 0.1) is 11.6 Å². The van der Waals surface area contributed by atoms with Gasteiger partial charge in [-0.05, 0) is 25.1 Å². The molecule has 0 amide bonds. The van der Waals surface area contributed by atoms with E-state index in [1.807, 2.05) is 35.7 Å². The lowest BCUT2D eigenvalue weighted by molar-refractivity contribution is 1.17. The number of nitriles is 1. The largest absolute Gasteiger partial charge is 0.385 e. The predicted octanol–water partition coefficient (Wildman–Crippen LogP) is 1.70. The Morgan fingerprint density at radius 1 is 1.54 bits per heavy atom. The highest BCUT2D eigenvalue weighted by atomic mass is 15.0. The zero-order valence-corrected chi connectivity index (χ0v) is 7.28. The normalized spacial score (nSPS) is 10.2. The minimum absolute atomic E-state index is 0.638. The first-order chi connectivity index (χ1) is 6.24. The van der Waals surface area contributed by atoms with Crippen molar-refractivity contribution in [3.05, 3.63) is 35.5 Å². The summed E-state index contributed by atoms with van der Waals surface area (Å²) in [6, 6.07) is 7.80. The van der Waals surface area contributed by atoms with E-state index in [2.05, 4.69) is 6.07 Å². The molecule has 0 aliphatic rings. The molecule has 2 heterocycles. The van der Waals surface area contributed by atoms with Crippen molar-refractivity contribution >= 4 is 11.3 Å². The van der Waals surface area contributed by atoms with E-state index in [0.29, 0.717) is 11.4 Å². The van der Waals surface area contributed by atoms with Gasteiger partial charge in [-0.3, -0.25) is 0 Å². The lowest BCUT2D eigenvalue weighted by Gasteiger charge is -2.05. The maximum absolute atomic E-state index is 8.83. The van der Waals surface area contributed by atoms with Gasteiger partial charge in [-0.25, -0.2) is 0 Å². The molecule has 2 rings (SSSR count). The van der Waals surface area contributed by atoms with Crippen molar-refractivity contribution in [2.45, 2.75) is 6.92 Å². The second-order valence-electron chi connectivity index (χ2n) is 2.98. The smallest absolute Gasteiger partial charge is 0.112 e. The third-order valence-corrected chi connectivity index (χ3v) is 2.24. The SMILES string of the molecule is Cc1c(C#N)cc2cccn2c1N. The monoisotopic (exact) mass is 171 g/mol. The van der Waals surface area contributed by atoms with Gasteiger partial charge < -0.3 is 10.1 Å². The number of rotatable bonds is 0. The van der Waals surface area contributed by atoms with E-state index in [1.165, 1.54) is 0 Å². The Bertz CT molecular complexity index is 503. The van der Waals surface area contributed by atoms with Gasteiger partial charge in [-0.2, -0.15) is 5.26 Å². The van der Waals surface area contributed by atoms with Gasteiger partial charge in [-0.15, -0.1) is 0 Å². The van der Waals surface area contributed by atoms with Gasteiger partial charge in [0.15, 0.2) is 0 Å². The molecule has 2 N–H and O–H groups in total. The molecule has 0 unspecified atom stereocenters. The van der Waals surface area contributed by atoms with E-state index in [1.54, 1.807) is 0 Å². The van der Waals surface area contributed by atoms with Crippen LogP contribution in [0.4, 0.5) is 5.82 Å². The molecule has 0 bridgehead atoms. The van der Waals surface area contributed by atoms with Crippen LogP contribution in [0.25, 0.3) is 5.52 Å². The van der Waals surface area contributed by atoms with E-state index >= 15 is 0 Å². The van der Waals surface area contributed by atoms with Gasteiger partial charge in [0, 0.05) is 17.3 Å². The number of hydrogen-bond donors (Lipinski definition) is 1. The Balaban J connectivity index is 2.94. The van der Waals surface area contributed by atoms with Crippen LogP contribution in [0.5, 0.6) is 0 Å². The van der Waals surface area contributed by atoms with Crippen LogP contribution in [0, 0.1) is 18.3 Å². The molecule has 64 valence electrons. The summed E-state index contributed by atoms with van der Waals surface area (Å²) in [6.07, 6.45) is 1.89. The number of fused-ring (bicyclic) bond motifs is 1. The summed E-state index contributed by atoms with van der Waals surface area (Å²) in [7, 11) is 0. The van der Waals surface area contributed by atoms with Gasteiger partial charge in [0.2, 0.25) is 0 Å². The van der Waals surface area contributed by atoms with Gasteiger partial charge >= 0.3 is 0 Å². The van der Waals surface area contributed by atoms with Crippen molar-refractivity contribution in [3.63, 3.8) is 0 Å². The fourth-order valence-corrected chi connectivity index (χ4v) is 1.42. The third-order valence-electron chi connectivity index (χ3n) is 2.24. The molecule has 0 radical (unpaired) electrons. The van der Waals surface area contributed by atoms with Crippen LogP contribution < -0.4 is 5.73 Å². The molecular formula is C10H9N3. The Hall–Kier alpha value is -1.95. The fraction of sp³-hybridized carbons (Fsp3) is 0.100. The molecule has 0 saturated heterocycles. The highest BCUT2D eigenvalue weighted by Gasteiger charge is 2.05. The molecule has 3 heteroatoms. The lowest BCUT2D eigenvalue weighted by atomic mass is 10.1. The molecule has 0 aromatic carbocycles. The highest BCUT2D eigenvalue weighted by molar-refractivity contribution is 5.63. The van der Waals surface area contributed by atoms with Crippen molar-refractivity contribution in [3.8, 4) is 6.07 Å². The Kier molecular flexibility index (Phi) is 1.49. The molecule has 3 nitrogen and oxygen atoms in total. The Morgan fingerprint density at radius 2 is 2.31 bits per heavy atom. The predicted molar refractivity (Wildman–Crippen MR) is 51.3 cm³/mol. The Morgan fingerprint density at radius 3 is 3.00 bits per heavy atom. The number of anilines is 1. The Labute approximate surface area is 76.0 Å². The second kappa shape index (κ2) is 2.53. The van der Waals surface area contributed by atoms with Crippen molar-refractivity contribution in [1.82, 2.24) is 4.40 Å². The van der Waals surface area contributed by atoms with Crippen molar-refractivity contribution in [1.29, 1.82) is 5.26 Å². The van der Waals surface area contributed by atoms with Gasteiger partial charge in [0.25, 0.3) is 0 Å². The van der Waals surface area contributed by atoms with E-state index in [4.69, 9.17) is 11.0 Å². The van der Waals surface area contributed by atoms with Crippen molar-refractivity contribution in [2.75, 3.05) is 5.73 Å². The van der Waals surface area contributed by atoms with Crippen LogP contribution in [-0.2, 0) is 0 Å². The number of aromatic nitrogens is 1. The maximum Gasteiger partial charge on any atom is 0.112 e. The topological polar surface area (TPSA) is 54.2 Å². The molecule has 2 aromatic heterocycles. The first kappa shape index (κ1) is 7.69. The summed E-state index contributed by atoms with van der Waals surface area (Å²) in [5.74, 6) is 0.638. The minimum atomic E-state index is 0.638. The third kappa shape index (κ3) is 0.960. The highest BCUT2D eigenvalue weighted by Crippen LogP contribution is 2.19. The van der Waals surface area contributed by atoms with Crippen molar-refractivity contribution < 1.29 is 0 Å². The van der Waals surface area contributed by atoms with Crippen LogP contribution >= 0.6 is 0 Å². The average Bonchev–Trinajstić information content (AvgIpc) is 2.59. The van der Waals surface area contributed by atoms with E-state index in [9.17, 15) is 0 Å². The first-order valence-electron chi connectivity index (χ1n) is 4.00. The van der Waals surface area contributed by atoms with Crippen molar-refractivity contribution in [2.24, 2.45) is 0 Å². The van der Waals surface area contributed by atoms with Crippen LogP contribution in [0.1, 0.15) is 11.1 Å². The second-order valence-corrected chi connectivity index (χ2v) is 2.98. The van der Waals surface area contributed by atoms with Crippen LogP contribution in [-0.4, -0.2) is 4.40 Å². The number of hydrogen-bond acceptors (Lipinski definition) is 2. The van der Waals surface area contributed by atoms with E-state index in [-0.39, 0.29) is 0 Å². The first-order valence-corrected chi connectivity index (χ1v) is 4.00. The van der Waals surface area contributed by atoms with Gasteiger partial charge in [-0.1, -0.05) is 0 Å². The minimum Gasteiger partial charge on any atom is -0.385 e. The molecule has 13 heavy (non-hydrogen) atoms. The summed E-state index contributed by atoms with van der Waals surface area (Å²) < 4.78 is 1.87. The standard InChI is InChI=1S/C10H9N3/c1-7-8(6-11)5-9-3-2-4-13(9)10(7)12/h2-5H,12H2,1H3. The molecule has 0 aliphatic heterocycles. The zero-order chi connectivity index (χ0) is 9.42. The molecule has 0 atom stereocenters. The number of nitrogen functional groups attached to an aromatic ring is 1. The summed E-state index contributed by atoms with van der Waals surface area (Å²) in [5, 5.41) is 8.83. The summed E-state index contributed by atoms with van der Waals surface area (Å²) in [6.45, 7) is 1.85. The molecule has 2 aromatic rings. The van der Waals surface area contributed by atoms with E-state index < -0.39 is 0 Å². The van der Waals surface area contributed by atoms with Crippen LogP contribution in [0.15, 0.2) is 24.4 Å². The summed E-state index contributed by atoms with van der Waals surface area (Å²) >= 11 is 0. The fourth-order valence-electron chi connectivity index (χ4n) is 1.42. The van der Waals surface area contributed by atoms with E-state index in [0.717, 1.165) is 11.1 Å². The number of nitrogens with two attached hydrogens (primary N) is 1. The maximum atomic E-state index is 8.83. The summed E-state index contributed by atoms with van der Waals surface area (Å²) in [5.41, 5.74) is 8.29. The summed E-state index contributed by atoms with van der Waals surface area (Å²) in [4.78, 5) is 0. The quantitative estimate of drug-likeness (QED) is 0.655. The molecule has 0 saturated carbocycles. The van der Waals surface area contributed by atoms with Crippen LogP contribution in [0.3, 0.4) is 0 Å². The number of pyridine rings is 1. The number of nitrogens with zero attached hydrogens (tertiary/aromatic N) is 2. The molecular weight excluding hydrogens is 162 g/mol. The molecule has 0 spiro atoms. The molecule has 0 aliphatic carbocycles. The van der Waals surface area contributed by atoms with Gasteiger partial charge in [0.1, 0.15) is 5.82 Å². The molecule has 0 fully saturated rings. The van der Waals surface area contributed by atoms with Crippen LogP contribution in [0.2, 0.25) is 0 Å². The average molecular weight is 171 g/mol. The zero-order valence-electron chi connectivity index (χ0n) is 7.28.